The first kappa shape index (κ1) is 16.5. The summed E-state index contributed by atoms with van der Waals surface area (Å²) in [6.07, 6.45) is 0. The lowest BCUT2D eigenvalue weighted by molar-refractivity contribution is -0.917. The summed E-state index contributed by atoms with van der Waals surface area (Å²) in [5.74, 6) is 0.159. The van der Waals surface area contributed by atoms with Crippen LogP contribution < -0.4 is 10.2 Å². The largest absolute Gasteiger partial charge is 0.332 e. The molecular weight excluding hydrogens is 278 g/mol. The van der Waals surface area contributed by atoms with E-state index in [-0.39, 0.29) is 17.9 Å². The highest BCUT2D eigenvalue weighted by molar-refractivity contribution is 5.94. The highest BCUT2D eigenvalue weighted by atomic mass is 16.2. The highest BCUT2D eigenvalue weighted by Gasteiger charge is 2.30. The Bertz CT molecular complexity index is 563. The molecule has 0 unspecified atom stereocenters. The minimum atomic E-state index is -0.117. The van der Waals surface area contributed by atoms with Gasteiger partial charge >= 0.3 is 0 Å². The Labute approximate surface area is 132 Å². The van der Waals surface area contributed by atoms with Gasteiger partial charge in [-0.2, -0.15) is 0 Å². The van der Waals surface area contributed by atoms with E-state index in [2.05, 4.69) is 5.32 Å². The van der Waals surface area contributed by atoms with Gasteiger partial charge in [0, 0.05) is 12.6 Å². The fraction of sp³-hybridized carbons (Fsp3) is 0.529. The van der Waals surface area contributed by atoms with Crippen LogP contribution in [0.4, 0.5) is 5.69 Å². The van der Waals surface area contributed by atoms with Gasteiger partial charge in [0.15, 0.2) is 6.04 Å². The molecule has 22 heavy (non-hydrogen) atoms. The minimum Gasteiger partial charge on any atom is -0.332 e. The molecule has 1 atom stereocenters. The topological polar surface area (TPSA) is 53.9 Å². The van der Waals surface area contributed by atoms with Gasteiger partial charge in [0.2, 0.25) is 5.91 Å². The standard InChI is InChI=1S/C17H25N3O2/c1-12-5-6-13(2)16(11-12)18-17(22)14(3)19-7-9-20(10-8-19)15(4)21/h5-6,11,14H,7-10H2,1-4H3,(H,18,22)/p+1/t14-/m0/s1. The molecule has 2 amide bonds. The number of carbonyl (C=O) groups is 2. The van der Waals surface area contributed by atoms with Gasteiger partial charge in [-0.1, -0.05) is 12.1 Å². The Hall–Kier alpha value is -1.88. The highest BCUT2D eigenvalue weighted by Crippen LogP contribution is 2.16. The molecule has 1 aromatic carbocycles. The maximum Gasteiger partial charge on any atom is 0.282 e. The van der Waals surface area contributed by atoms with E-state index < -0.39 is 0 Å². The van der Waals surface area contributed by atoms with Gasteiger partial charge in [-0.05, 0) is 38.0 Å². The molecule has 1 heterocycles. The first-order valence-electron chi connectivity index (χ1n) is 7.86. The summed E-state index contributed by atoms with van der Waals surface area (Å²) in [7, 11) is 0. The van der Waals surface area contributed by atoms with Crippen molar-refractivity contribution in [2.75, 3.05) is 31.5 Å². The molecular formula is C17H26N3O2+. The zero-order valence-corrected chi connectivity index (χ0v) is 13.9. The van der Waals surface area contributed by atoms with Gasteiger partial charge in [0.05, 0.1) is 26.2 Å². The lowest BCUT2D eigenvalue weighted by Gasteiger charge is -2.34. The van der Waals surface area contributed by atoms with Crippen molar-refractivity contribution in [1.82, 2.24) is 4.90 Å². The van der Waals surface area contributed by atoms with Gasteiger partial charge in [-0.15, -0.1) is 0 Å². The molecule has 2 rings (SSSR count). The molecule has 1 saturated heterocycles. The summed E-state index contributed by atoms with van der Waals surface area (Å²) in [6.45, 7) is 10.7. The molecule has 5 nitrogen and oxygen atoms in total. The number of nitrogens with one attached hydrogen (secondary N) is 2. The predicted molar refractivity (Wildman–Crippen MR) is 87.0 cm³/mol. The van der Waals surface area contributed by atoms with Gasteiger partial charge in [0.25, 0.3) is 5.91 Å². The zero-order valence-electron chi connectivity index (χ0n) is 13.9. The second-order valence-electron chi connectivity index (χ2n) is 6.19. The number of benzene rings is 1. The molecule has 0 spiro atoms. The first-order valence-corrected chi connectivity index (χ1v) is 7.86. The Morgan fingerprint density at radius 1 is 1.23 bits per heavy atom. The van der Waals surface area contributed by atoms with Crippen molar-refractivity contribution in [1.29, 1.82) is 0 Å². The summed E-state index contributed by atoms with van der Waals surface area (Å²) < 4.78 is 0. The molecule has 1 aliphatic rings. The van der Waals surface area contributed by atoms with Crippen LogP contribution in [-0.2, 0) is 9.59 Å². The van der Waals surface area contributed by atoms with Crippen molar-refractivity contribution >= 4 is 17.5 Å². The summed E-state index contributed by atoms with van der Waals surface area (Å²) in [6, 6.07) is 5.95. The van der Waals surface area contributed by atoms with Crippen molar-refractivity contribution in [2.24, 2.45) is 0 Å². The fourth-order valence-corrected chi connectivity index (χ4v) is 2.84. The molecule has 0 bridgehead atoms. The molecule has 120 valence electrons. The van der Waals surface area contributed by atoms with Crippen molar-refractivity contribution in [3.8, 4) is 0 Å². The van der Waals surface area contributed by atoms with Crippen LogP contribution in [0.15, 0.2) is 18.2 Å². The molecule has 0 aromatic heterocycles. The van der Waals surface area contributed by atoms with Crippen LogP contribution in [-0.4, -0.2) is 48.9 Å². The molecule has 0 saturated carbocycles. The maximum atomic E-state index is 12.5. The fourth-order valence-electron chi connectivity index (χ4n) is 2.84. The normalized spacial score (nSPS) is 17.2. The molecule has 1 aliphatic heterocycles. The number of hydrogen-bond acceptors (Lipinski definition) is 2. The Morgan fingerprint density at radius 2 is 1.86 bits per heavy atom. The van der Waals surface area contributed by atoms with E-state index in [1.165, 1.54) is 4.90 Å². The third-order valence-electron chi connectivity index (χ3n) is 4.51. The number of quaternary nitrogens is 1. The number of nitrogens with zero attached hydrogens (tertiary/aromatic N) is 1. The lowest BCUT2D eigenvalue weighted by Crippen LogP contribution is -3.19. The van der Waals surface area contributed by atoms with Gasteiger partial charge in [-0.25, -0.2) is 0 Å². The van der Waals surface area contributed by atoms with E-state index in [0.717, 1.165) is 43.0 Å². The van der Waals surface area contributed by atoms with Crippen LogP contribution in [0, 0.1) is 13.8 Å². The molecule has 1 aromatic rings. The molecule has 1 fully saturated rings. The third-order valence-corrected chi connectivity index (χ3v) is 4.51. The number of aryl methyl sites for hydroxylation is 2. The summed E-state index contributed by atoms with van der Waals surface area (Å²) in [5, 5.41) is 3.04. The van der Waals surface area contributed by atoms with E-state index >= 15 is 0 Å². The Morgan fingerprint density at radius 3 is 2.45 bits per heavy atom. The minimum absolute atomic E-state index is 0.0416. The SMILES string of the molecule is CC(=O)N1CC[NH+]([C@@H](C)C(=O)Nc2cc(C)ccc2C)CC1. The van der Waals surface area contributed by atoms with Gasteiger partial charge in [0.1, 0.15) is 0 Å². The molecule has 5 heteroatoms. The Kier molecular flexibility index (Phi) is 5.19. The quantitative estimate of drug-likeness (QED) is 0.848. The van der Waals surface area contributed by atoms with E-state index in [0.29, 0.717) is 0 Å². The average molecular weight is 304 g/mol. The second kappa shape index (κ2) is 6.92. The van der Waals surface area contributed by atoms with Crippen molar-refractivity contribution in [2.45, 2.75) is 33.7 Å². The van der Waals surface area contributed by atoms with Crippen LogP contribution in [0.25, 0.3) is 0 Å². The van der Waals surface area contributed by atoms with Crippen LogP contribution >= 0.6 is 0 Å². The first-order chi connectivity index (χ1) is 10.4. The van der Waals surface area contributed by atoms with Gasteiger partial charge < -0.3 is 15.1 Å². The van der Waals surface area contributed by atoms with E-state index in [1.807, 2.05) is 43.9 Å². The summed E-state index contributed by atoms with van der Waals surface area (Å²) in [5.41, 5.74) is 3.09. The van der Waals surface area contributed by atoms with Crippen molar-refractivity contribution < 1.29 is 14.5 Å². The zero-order chi connectivity index (χ0) is 16.3. The number of amides is 2. The van der Waals surface area contributed by atoms with Gasteiger partial charge in [-0.3, -0.25) is 9.59 Å². The molecule has 0 aliphatic carbocycles. The Balaban J connectivity index is 1.95. The number of hydrogen-bond donors (Lipinski definition) is 2. The van der Waals surface area contributed by atoms with Crippen LogP contribution in [0.5, 0.6) is 0 Å². The number of piperazine rings is 1. The van der Waals surface area contributed by atoms with E-state index in [1.54, 1.807) is 6.92 Å². The van der Waals surface area contributed by atoms with E-state index in [9.17, 15) is 9.59 Å². The van der Waals surface area contributed by atoms with Crippen molar-refractivity contribution in [3.05, 3.63) is 29.3 Å². The second-order valence-corrected chi connectivity index (χ2v) is 6.19. The van der Waals surface area contributed by atoms with Crippen molar-refractivity contribution in [3.63, 3.8) is 0 Å². The lowest BCUT2D eigenvalue weighted by atomic mass is 10.1. The smallest absolute Gasteiger partial charge is 0.282 e. The third kappa shape index (κ3) is 3.85. The maximum absolute atomic E-state index is 12.5. The number of rotatable bonds is 3. The monoisotopic (exact) mass is 304 g/mol. The number of carbonyl (C=O) groups excluding carboxylic acids is 2. The molecule has 0 radical (unpaired) electrons. The summed E-state index contributed by atoms with van der Waals surface area (Å²) >= 11 is 0. The number of anilines is 1. The van der Waals surface area contributed by atoms with E-state index in [4.69, 9.17) is 0 Å². The summed E-state index contributed by atoms with van der Waals surface area (Å²) in [4.78, 5) is 26.9. The van der Waals surface area contributed by atoms with Crippen LogP contribution in [0.3, 0.4) is 0 Å². The average Bonchev–Trinajstić information content (AvgIpc) is 2.50. The molecule has 2 N–H and O–H groups in total. The van der Waals surface area contributed by atoms with Crippen LogP contribution in [0.1, 0.15) is 25.0 Å². The predicted octanol–water partition coefficient (Wildman–Crippen LogP) is 0.377. The van der Waals surface area contributed by atoms with Crippen LogP contribution in [0.2, 0.25) is 0 Å².